The van der Waals surface area contributed by atoms with Gasteiger partial charge in [-0.05, 0) is 35.9 Å². The quantitative estimate of drug-likeness (QED) is 0.524. The molecule has 3 heterocycles. The first kappa shape index (κ1) is 18.4. The van der Waals surface area contributed by atoms with E-state index in [-0.39, 0.29) is 24.1 Å². The Kier molecular flexibility index (Phi) is 4.95. The molecule has 1 aromatic carbocycles. The number of carbonyl (C=O) groups excluding carboxylic acids is 1. The van der Waals surface area contributed by atoms with Gasteiger partial charge in [0.1, 0.15) is 17.2 Å². The maximum atomic E-state index is 12.7. The van der Waals surface area contributed by atoms with Gasteiger partial charge in [-0.15, -0.1) is 11.3 Å². The molecular weight excluding hydrogens is 374 g/mol. The summed E-state index contributed by atoms with van der Waals surface area (Å²) in [5.74, 6) is 0.844. The number of thiophene rings is 1. The number of carbonyl (C=O) groups is 1. The summed E-state index contributed by atoms with van der Waals surface area (Å²) in [5.41, 5.74) is 1.60. The van der Waals surface area contributed by atoms with Crippen molar-refractivity contribution in [2.45, 2.75) is 32.9 Å². The molecule has 0 fully saturated rings. The molecule has 1 atom stereocenters. The molecule has 0 saturated heterocycles. The molecular formula is C20H21N5O2S. The molecule has 0 radical (unpaired) electrons. The maximum absolute atomic E-state index is 12.7. The van der Waals surface area contributed by atoms with Crippen LogP contribution in [0.3, 0.4) is 0 Å². The molecule has 2 N–H and O–H groups in total. The van der Waals surface area contributed by atoms with Gasteiger partial charge in [-0.2, -0.15) is 0 Å². The predicted octanol–water partition coefficient (Wildman–Crippen LogP) is 3.24. The summed E-state index contributed by atoms with van der Waals surface area (Å²) in [5, 5.41) is 5.39. The number of rotatable bonds is 6. The first-order valence-corrected chi connectivity index (χ1v) is 10.1. The Morgan fingerprint density at radius 3 is 2.89 bits per heavy atom. The van der Waals surface area contributed by atoms with Gasteiger partial charge in [0.2, 0.25) is 5.91 Å². The Morgan fingerprint density at radius 2 is 2.11 bits per heavy atom. The minimum atomic E-state index is -0.256. The highest BCUT2D eigenvalue weighted by Gasteiger charge is 2.20. The molecule has 1 unspecified atom stereocenters. The highest BCUT2D eigenvalue weighted by atomic mass is 32.1. The van der Waals surface area contributed by atoms with E-state index < -0.39 is 0 Å². The number of nitrogens with one attached hydrogen (secondary N) is 2. The highest BCUT2D eigenvalue weighted by molar-refractivity contribution is 7.16. The van der Waals surface area contributed by atoms with Gasteiger partial charge in [0.15, 0.2) is 0 Å². The van der Waals surface area contributed by atoms with E-state index in [0.717, 1.165) is 23.3 Å². The Hall–Kier alpha value is -3.00. The Bertz CT molecular complexity index is 1160. The molecule has 0 aliphatic rings. The fraction of sp³-hybridized carbons (Fsp3) is 0.300. The monoisotopic (exact) mass is 395 g/mol. The van der Waals surface area contributed by atoms with Crippen LogP contribution in [0.1, 0.15) is 32.1 Å². The summed E-state index contributed by atoms with van der Waals surface area (Å²) in [7, 11) is 0. The summed E-state index contributed by atoms with van der Waals surface area (Å²) >= 11 is 1.41. The largest absolute Gasteiger partial charge is 0.345 e. The minimum absolute atomic E-state index is 0.0769. The van der Waals surface area contributed by atoms with Crippen LogP contribution in [0.15, 0.2) is 46.8 Å². The summed E-state index contributed by atoms with van der Waals surface area (Å²) in [6, 6.07) is 9.25. The normalized spacial score (nSPS) is 12.7. The fourth-order valence-corrected chi connectivity index (χ4v) is 3.97. The van der Waals surface area contributed by atoms with Gasteiger partial charge >= 0.3 is 0 Å². The smallest absolute Gasteiger partial charge is 0.262 e. The van der Waals surface area contributed by atoms with Crippen molar-refractivity contribution in [2.24, 2.45) is 5.92 Å². The van der Waals surface area contributed by atoms with Gasteiger partial charge in [-0.25, -0.2) is 9.97 Å². The molecule has 28 heavy (non-hydrogen) atoms. The van der Waals surface area contributed by atoms with Crippen molar-refractivity contribution in [2.75, 3.05) is 0 Å². The van der Waals surface area contributed by atoms with Crippen LogP contribution in [0.5, 0.6) is 0 Å². The van der Waals surface area contributed by atoms with E-state index >= 15 is 0 Å². The van der Waals surface area contributed by atoms with Gasteiger partial charge in [-0.1, -0.05) is 26.0 Å². The van der Waals surface area contributed by atoms with Crippen molar-refractivity contribution in [3.05, 3.63) is 58.2 Å². The molecule has 144 valence electrons. The van der Waals surface area contributed by atoms with E-state index in [4.69, 9.17) is 0 Å². The number of hydrogen-bond donors (Lipinski definition) is 2. The molecule has 0 aliphatic carbocycles. The molecule has 4 aromatic rings. The number of hydrogen-bond acceptors (Lipinski definition) is 5. The molecule has 0 spiro atoms. The molecule has 3 aromatic heterocycles. The second-order valence-electron chi connectivity index (χ2n) is 7.21. The number of benzene rings is 1. The van der Waals surface area contributed by atoms with E-state index in [2.05, 4.69) is 34.1 Å². The standard InChI is InChI=1S/C20H21N5O2S/c1-12(2)9-16(18-23-14-5-3-4-6-15(14)24-18)22-17(26)10-25-11-21-19-13(20(25)27)7-8-28-19/h3-8,11-12,16H,9-10H2,1-2H3,(H,22,26)(H,23,24). The Morgan fingerprint density at radius 1 is 1.29 bits per heavy atom. The third kappa shape index (κ3) is 3.68. The number of para-hydroxylation sites is 2. The fourth-order valence-electron chi connectivity index (χ4n) is 3.25. The number of imidazole rings is 1. The van der Waals surface area contributed by atoms with Gasteiger partial charge in [0, 0.05) is 0 Å². The van der Waals surface area contributed by atoms with Crippen molar-refractivity contribution in [1.82, 2.24) is 24.8 Å². The maximum Gasteiger partial charge on any atom is 0.262 e. The van der Waals surface area contributed by atoms with Crippen molar-refractivity contribution < 1.29 is 4.79 Å². The second kappa shape index (κ2) is 7.55. The number of aromatic amines is 1. The molecule has 8 heteroatoms. The lowest BCUT2D eigenvalue weighted by molar-refractivity contribution is -0.122. The summed E-state index contributed by atoms with van der Waals surface area (Å²) in [6.45, 7) is 4.12. The molecule has 0 saturated carbocycles. The Labute approximate surface area is 165 Å². The predicted molar refractivity (Wildman–Crippen MR) is 110 cm³/mol. The lowest BCUT2D eigenvalue weighted by Gasteiger charge is -2.19. The van der Waals surface area contributed by atoms with Crippen molar-refractivity contribution in [1.29, 1.82) is 0 Å². The van der Waals surface area contributed by atoms with E-state index in [0.29, 0.717) is 16.1 Å². The molecule has 1 amide bonds. The lowest BCUT2D eigenvalue weighted by atomic mass is 10.0. The number of aromatic nitrogens is 4. The van der Waals surface area contributed by atoms with Crippen LogP contribution < -0.4 is 10.9 Å². The number of nitrogens with zero attached hydrogens (tertiary/aromatic N) is 3. The van der Waals surface area contributed by atoms with Gasteiger partial charge < -0.3 is 10.3 Å². The van der Waals surface area contributed by atoms with Crippen LogP contribution in [-0.4, -0.2) is 25.4 Å². The van der Waals surface area contributed by atoms with Gasteiger partial charge in [-0.3, -0.25) is 14.2 Å². The van der Waals surface area contributed by atoms with Gasteiger partial charge in [0.25, 0.3) is 5.56 Å². The first-order chi connectivity index (χ1) is 13.5. The van der Waals surface area contributed by atoms with Gasteiger partial charge in [0.05, 0.1) is 28.8 Å². The third-order valence-corrected chi connectivity index (χ3v) is 5.37. The van der Waals surface area contributed by atoms with Crippen LogP contribution in [0.25, 0.3) is 21.3 Å². The summed E-state index contributed by atoms with van der Waals surface area (Å²) < 4.78 is 1.34. The van der Waals surface area contributed by atoms with Crippen LogP contribution in [0, 0.1) is 5.92 Å². The topological polar surface area (TPSA) is 92.7 Å². The van der Waals surface area contributed by atoms with E-state index in [1.807, 2.05) is 29.6 Å². The molecule has 4 rings (SSSR count). The zero-order chi connectivity index (χ0) is 19.7. The van der Waals surface area contributed by atoms with Crippen LogP contribution >= 0.6 is 11.3 Å². The van der Waals surface area contributed by atoms with E-state index in [1.165, 1.54) is 22.2 Å². The average molecular weight is 395 g/mol. The van der Waals surface area contributed by atoms with E-state index in [9.17, 15) is 9.59 Å². The Balaban J connectivity index is 1.56. The summed E-state index contributed by atoms with van der Waals surface area (Å²) in [4.78, 5) is 38.0. The number of H-pyrrole nitrogens is 1. The average Bonchev–Trinajstić information content (AvgIpc) is 3.30. The summed E-state index contributed by atoms with van der Waals surface area (Å²) in [6.07, 6.45) is 2.17. The van der Waals surface area contributed by atoms with Crippen LogP contribution in [0.4, 0.5) is 0 Å². The first-order valence-electron chi connectivity index (χ1n) is 9.18. The lowest BCUT2D eigenvalue weighted by Crippen LogP contribution is -2.35. The zero-order valence-corrected chi connectivity index (χ0v) is 16.5. The highest BCUT2D eigenvalue weighted by Crippen LogP contribution is 2.22. The van der Waals surface area contributed by atoms with Crippen LogP contribution in [-0.2, 0) is 11.3 Å². The zero-order valence-electron chi connectivity index (χ0n) is 15.7. The van der Waals surface area contributed by atoms with Crippen molar-refractivity contribution in [3.63, 3.8) is 0 Å². The third-order valence-electron chi connectivity index (χ3n) is 4.54. The molecule has 0 bridgehead atoms. The van der Waals surface area contributed by atoms with Crippen LogP contribution in [0.2, 0.25) is 0 Å². The SMILES string of the molecule is CC(C)CC(NC(=O)Cn1cnc2sccc2c1=O)c1nc2ccccc2[nH]1. The number of fused-ring (bicyclic) bond motifs is 2. The number of amides is 1. The molecule has 0 aliphatic heterocycles. The van der Waals surface area contributed by atoms with E-state index in [1.54, 1.807) is 6.07 Å². The minimum Gasteiger partial charge on any atom is -0.345 e. The van der Waals surface area contributed by atoms with Crippen molar-refractivity contribution >= 4 is 38.5 Å². The molecule has 7 nitrogen and oxygen atoms in total. The second-order valence-corrected chi connectivity index (χ2v) is 8.10. The van der Waals surface area contributed by atoms with Crippen molar-refractivity contribution in [3.8, 4) is 0 Å².